The van der Waals surface area contributed by atoms with Crippen LogP contribution in [0.2, 0.25) is 0 Å². The molecule has 144 valence electrons. The first kappa shape index (κ1) is 19.2. The number of hydrogen-bond acceptors (Lipinski definition) is 5. The van der Waals surface area contributed by atoms with Crippen molar-refractivity contribution in [3.8, 4) is 11.5 Å². The first-order chi connectivity index (χ1) is 13.5. The first-order valence-electron chi connectivity index (χ1n) is 8.77. The van der Waals surface area contributed by atoms with Crippen molar-refractivity contribution >= 4 is 23.9 Å². The van der Waals surface area contributed by atoms with Crippen molar-refractivity contribution in [1.29, 1.82) is 0 Å². The van der Waals surface area contributed by atoms with E-state index in [1.54, 1.807) is 30.3 Å². The molecule has 28 heavy (non-hydrogen) atoms. The molecule has 0 atom stereocenters. The number of ether oxygens (including phenoxy) is 2. The van der Waals surface area contributed by atoms with Crippen LogP contribution < -0.4 is 14.8 Å². The van der Waals surface area contributed by atoms with Gasteiger partial charge in [0, 0.05) is 0 Å². The fourth-order valence-corrected chi connectivity index (χ4v) is 2.82. The zero-order chi connectivity index (χ0) is 20.1. The summed E-state index contributed by atoms with van der Waals surface area (Å²) in [4.78, 5) is 38.2. The van der Waals surface area contributed by atoms with Gasteiger partial charge in [-0.2, -0.15) is 0 Å². The second kappa shape index (κ2) is 8.39. The first-order valence-corrected chi connectivity index (χ1v) is 8.77. The molecule has 4 amide bonds. The van der Waals surface area contributed by atoms with Gasteiger partial charge in [0.15, 0.2) is 11.5 Å². The van der Waals surface area contributed by atoms with Gasteiger partial charge in [-0.3, -0.25) is 19.8 Å². The van der Waals surface area contributed by atoms with E-state index in [-0.39, 0.29) is 12.1 Å². The summed E-state index contributed by atoms with van der Waals surface area (Å²) in [5.41, 5.74) is 1.23. The molecular formula is C21H20N2O5. The predicted molar refractivity (Wildman–Crippen MR) is 103 cm³/mol. The average molecular weight is 380 g/mol. The van der Waals surface area contributed by atoms with Gasteiger partial charge >= 0.3 is 6.03 Å². The Labute approximate surface area is 162 Å². The molecule has 0 spiro atoms. The summed E-state index contributed by atoms with van der Waals surface area (Å²) in [5.74, 6) is -0.331. The zero-order valence-electron chi connectivity index (χ0n) is 15.6. The van der Waals surface area contributed by atoms with E-state index in [0.717, 1.165) is 10.5 Å². The van der Waals surface area contributed by atoms with E-state index in [1.807, 2.05) is 25.1 Å². The third-order valence-corrected chi connectivity index (χ3v) is 4.17. The Bertz CT molecular complexity index is 937. The SMILES string of the molecule is CCOc1ccc(/C=C2\C(=O)NC(=O)N(Cc3ccccc3)C2=O)cc1OC. The Morgan fingerprint density at radius 1 is 1.04 bits per heavy atom. The molecule has 0 radical (unpaired) electrons. The number of carbonyl (C=O) groups is 3. The molecule has 0 bridgehead atoms. The van der Waals surface area contributed by atoms with Crippen molar-refractivity contribution in [2.24, 2.45) is 0 Å². The van der Waals surface area contributed by atoms with Crippen molar-refractivity contribution in [2.45, 2.75) is 13.5 Å². The third kappa shape index (κ3) is 4.03. The molecule has 7 heteroatoms. The molecule has 2 aromatic rings. The summed E-state index contributed by atoms with van der Waals surface area (Å²) in [5, 5.41) is 2.21. The Morgan fingerprint density at radius 2 is 1.79 bits per heavy atom. The molecule has 0 aliphatic carbocycles. The van der Waals surface area contributed by atoms with E-state index in [0.29, 0.717) is 23.7 Å². The van der Waals surface area contributed by atoms with Gasteiger partial charge in [-0.25, -0.2) is 4.79 Å². The maximum absolute atomic E-state index is 12.8. The van der Waals surface area contributed by atoms with E-state index in [4.69, 9.17) is 9.47 Å². The normalized spacial score (nSPS) is 15.6. The van der Waals surface area contributed by atoms with E-state index in [9.17, 15) is 14.4 Å². The van der Waals surface area contributed by atoms with Crippen molar-refractivity contribution < 1.29 is 23.9 Å². The molecule has 1 aliphatic rings. The van der Waals surface area contributed by atoms with Crippen LogP contribution in [0.1, 0.15) is 18.1 Å². The summed E-state index contributed by atoms with van der Waals surface area (Å²) < 4.78 is 10.8. The number of barbiturate groups is 1. The van der Waals surface area contributed by atoms with Crippen LogP contribution in [0.5, 0.6) is 11.5 Å². The highest BCUT2D eigenvalue weighted by Crippen LogP contribution is 2.29. The molecule has 1 fully saturated rings. The Kier molecular flexibility index (Phi) is 5.74. The minimum absolute atomic E-state index is 0.0721. The lowest BCUT2D eigenvalue weighted by atomic mass is 10.1. The number of urea groups is 1. The fourth-order valence-electron chi connectivity index (χ4n) is 2.82. The van der Waals surface area contributed by atoms with Gasteiger partial charge in [-0.05, 0) is 36.3 Å². The van der Waals surface area contributed by atoms with Crippen LogP contribution in [-0.4, -0.2) is 36.5 Å². The number of benzene rings is 2. The van der Waals surface area contributed by atoms with E-state index in [1.165, 1.54) is 13.2 Å². The highest BCUT2D eigenvalue weighted by Gasteiger charge is 2.35. The van der Waals surface area contributed by atoms with Crippen LogP contribution in [0, 0.1) is 0 Å². The number of amides is 4. The van der Waals surface area contributed by atoms with Gasteiger partial charge in [0.1, 0.15) is 5.57 Å². The molecule has 7 nitrogen and oxygen atoms in total. The third-order valence-electron chi connectivity index (χ3n) is 4.17. The molecule has 2 aromatic carbocycles. The van der Waals surface area contributed by atoms with E-state index >= 15 is 0 Å². The number of nitrogens with zero attached hydrogens (tertiary/aromatic N) is 1. The quantitative estimate of drug-likeness (QED) is 0.615. The summed E-state index contributed by atoms with van der Waals surface area (Å²) in [6.07, 6.45) is 1.43. The van der Waals surface area contributed by atoms with Gasteiger partial charge in [-0.15, -0.1) is 0 Å². The van der Waals surface area contributed by atoms with Gasteiger partial charge in [0.25, 0.3) is 11.8 Å². The summed E-state index contributed by atoms with van der Waals surface area (Å²) >= 11 is 0. The summed E-state index contributed by atoms with van der Waals surface area (Å²) in [7, 11) is 1.51. The molecule has 0 aromatic heterocycles. The van der Waals surface area contributed by atoms with Crippen LogP contribution in [-0.2, 0) is 16.1 Å². The highest BCUT2D eigenvalue weighted by molar-refractivity contribution is 6.30. The number of carbonyl (C=O) groups excluding carboxylic acids is 3. The minimum Gasteiger partial charge on any atom is -0.493 e. The predicted octanol–water partition coefficient (Wildman–Crippen LogP) is 2.76. The lowest BCUT2D eigenvalue weighted by molar-refractivity contribution is -0.130. The van der Waals surface area contributed by atoms with Crippen molar-refractivity contribution in [3.63, 3.8) is 0 Å². The van der Waals surface area contributed by atoms with Gasteiger partial charge in [-0.1, -0.05) is 36.4 Å². The minimum atomic E-state index is -0.736. The van der Waals surface area contributed by atoms with Crippen molar-refractivity contribution in [2.75, 3.05) is 13.7 Å². The van der Waals surface area contributed by atoms with E-state index in [2.05, 4.69) is 5.32 Å². The van der Waals surface area contributed by atoms with Crippen LogP contribution in [0.15, 0.2) is 54.1 Å². The highest BCUT2D eigenvalue weighted by atomic mass is 16.5. The standard InChI is InChI=1S/C21H20N2O5/c1-3-28-17-10-9-15(12-18(17)27-2)11-16-19(24)22-21(26)23(20(16)25)13-14-7-5-4-6-8-14/h4-12H,3,13H2,1-2H3,(H,22,24,26)/b16-11+. The maximum atomic E-state index is 12.8. The van der Waals surface area contributed by atoms with E-state index < -0.39 is 17.8 Å². The Balaban J connectivity index is 1.90. The molecule has 0 unspecified atom stereocenters. The van der Waals surface area contributed by atoms with Gasteiger partial charge < -0.3 is 9.47 Å². The van der Waals surface area contributed by atoms with Crippen LogP contribution in [0.4, 0.5) is 4.79 Å². The number of nitrogens with one attached hydrogen (secondary N) is 1. The lowest BCUT2D eigenvalue weighted by Crippen LogP contribution is -2.53. The molecule has 1 N–H and O–H groups in total. The molecule has 1 aliphatic heterocycles. The second-order valence-electron chi connectivity index (χ2n) is 6.04. The molecule has 3 rings (SSSR count). The topological polar surface area (TPSA) is 84.9 Å². The number of imide groups is 2. The van der Waals surface area contributed by atoms with Crippen LogP contribution in [0.3, 0.4) is 0 Å². The molecule has 1 heterocycles. The largest absolute Gasteiger partial charge is 0.493 e. The Morgan fingerprint density at radius 3 is 2.46 bits per heavy atom. The molecule has 1 saturated heterocycles. The van der Waals surface area contributed by atoms with Crippen LogP contribution in [0.25, 0.3) is 6.08 Å². The number of hydrogen-bond donors (Lipinski definition) is 1. The molecule has 0 saturated carbocycles. The Hall–Kier alpha value is -3.61. The summed E-state index contributed by atoms with van der Waals surface area (Å²) in [6, 6.07) is 13.4. The fraction of sp³-hybridized carbons (Fsp3) is 0.190. The molecular weight excluding hydrogens is 360 g/mol. The zero-order valence-corrected chi connectivity index (χ0v) is 15.6. The number of rotatable bonds is 6. The monoisotopic (exact) mass is 380 g/mol. The average Bonchev–Trinajstić information content (AvgIpc) is 2.70. The van der Waals surface area contributed by atoms with Gasteiger partial charge in [0.2, 0.25) is 0 Å². The van der Waals surface area contributed by atoms with Gasteiger partial charge in [0.05, 0.1) is 20.3 Å². The second-order valence-corrected chi connectivity index (χ2v) is 6.04. The smallest absolute Gasteiger partial charge is 0.331 e. The lowest BCUT2D eigenvalue weighted by Gasteiger charge is -2.26. The number of methoxy groups -OCH3 is 1. The van der Waals surface area contributed by atoms with Crippen molar-refractivity contribution in [1.82, 2.24) is 10.2 Å². The van der Waals surface area contributed by atoms with Crippen molar-refractivity contribution in [3.05, 3.63) is 65.2 Å². The maximum Gasteiger partial charge on any atom is 0.331 e. The van der Waals surface area contributed by atoms with Crippen LogP contribution >= 0.6 is 0 Å². The summed E-state index contributed by atoms with van der Waals surface area (Å²) in [6.45, 7) is 2.41.